The highest BCUT2D eigenvalue weighted by molar-refractivity contribution is 6.36. The second-order valence-corrected chi connectivity index (χ2v) is 8.30. The monoisotopic (exact) mass is 466 g/mol. The SMILES string of the molecule is Cc1ccc([C@H]2C[C@@H](C(F)(F)F)n3nc(C(=O)NCc4cnn(C)c4C)c(Cl)c3N2)cc1. The minimum atomic E-state index is -4.56. The number of carbonyl (C=O) groups is 1. The van der Waals surface area contributed by atoms with E-state index in [1.165, 1.54) is 0 Å². The molecular weight excluding hydrogens is 445 g/mol. The van der Waals surface area contributed by atoms with Crippen LogP contribution in [0.1, 0.15) is 51.4 Å². The van der Waals surface area contributed by atoms with Crippen LogP contribution in [0.4, 0.5) is 19.0 Å². The Kier molecular flexibility index (Phi) is 5.66. The summed E-state index contributed by atoms with van der Waals surface area (Å²) in [6.45, 7) is 3.90. The number of nitrogens with zero attached hydrogens (tertiary/aromatic N) is 4. The first-order valence-electron chi connectivity index (χ1n) is 9.99. The molecule has 170 valence electrons. The summed E-state index contributed by atoms with van der Waals surface area (Å²) in [4.78, 5) is 12.7. The van der Waals surface area contributed by atoms with E-state index in [2.05, 4.69) is 20.8 Å². The summed E-state index contributed by atoms with van der Waals surface area (Å²) in [6.07, 6.45) is -3.22. The second-order valence-electron chi connectivity index (χ2n) is 7.92. The molecule has 2 atom stereocenters. The number of anilines is 1. The maximum Gasteiger partial charge on any atom is 0.410 e. The molecule has 1 amide bonds. The predicted molar refractivity (Wildman–Crippen MR) is 114 cm³/mol. The summed E-state index contributed by atoms with van der Waals surface area (Å²) < 4.78 is 44.1. The van der Waals surface area contributed by atoms with E-state index in [4.69, 9.17) is 11.6 Å². The van der Waals surface area contributed by atoms with Gasteiger partial charge in [-0.1, -0.05) is 41.4 Å². The van der Waals surface area contributed by atoms with Gasteiger partial charge in [-0.3, -0.25) is 9.48 Å². The molecule has 0 saturated carbocycles. The van der Waals surface area contributed by atoms with Crippen LogP contribution in [0.2, 0.25) is 5.02 Å². The number of fused-ring (bicyclic) bond motifs is 1. The number of amides is 1. The fraction of sp³-hybridized carbons (Fsp3) is 0.381. The van der Waals surface area contributed by atoms with Crippen LogP contribution in [0.5, 0.6) is 0 Å². The largest absolute Gasteiger partial charge is 0.410 e. The number of alkyl halides is 3. The van der Waals surface area contributed by atoms with Gasteiger partial charge in [-0.05, 0) is 19.4 Å². The summed E-state index contributed by atoms with van der Waals surface area (Å²) in [5.41, 5.74) is 3.09. The van der Waals surface area contributed by atoms with Gasteiger partial charge in [0.25, 0.3) is 5.91 Å². The molecule has 1 aliphatic heterocycles. The number of rotatable bonds is 4. The van der Waals surface area contributed by atoms with E-state index in [1.54, 1.807) is 30.1 Å². The molecule has 1 aliphatic rings. The maximum absolute atomic E-state index is 13.9. The van der Waals surface area contributed by atoms with E-state index < -0.39 is 24.2 Å². The standard InChI is InChI=1S/C21H22ClF3N6O/c1-11-4-6-13(7-5-11)15-8-16(21(23,24)25)31-19(28-15)17(22)18(29-31)20(32)26-9-14-10-27-30(3)12(14)2/h4-7,10,15-16,28H,8-9H2,1-3H3,(H,26,32)/t15-,16+/m1/s1. The summed E-state index contributed by atoms with van der Waals surface area (Å²) >= 11 is 6.36. The van der Waals surface area contributed by atoms with Crippen molar-refractivity contribution in [3.05, 3.63) is 63.6 Å². The van der Waals surface area contributed by atoms with Gasteiger partial charge in [0.2, 0.25) is 0 Å². The fourth-order valence-corrected chi connectivity index (χ4v) is 3.99. The van der Waals surface area contributed by atoms with Gasteiger partial charge in [-0.15, -0.1) is 0 Å². The maximum atomic E-state index is 13.9. The Bertz CT molecular complexity index is 1150. The van der Waals surface area contributed by atoms with Gasteiger partial charge >= 0.3 is 6.18 Å². The first kappa shape index (κ1) is 22.2. The molecule has 1 aromatic carbocycles. The van der Waals surface area contributed by atoms with Crippen LogP contribution in [0.25, 0.3) is 0 Å². The molecule has 2 N–H and O–H groups in total. The summed E-state index contributed by atoms with van der Waals surface area (Å²) in [7, 11) is 1.77. The highest BCUT2D eigenvalue weighted by Gasteiger charge is 2.47. The van der Waals surface area contributed by atoms with Gasteiger partial charge < -0.3 is 10.6 Å². The third-order valence-electron chi connectivity index (χ3n) is 5.77. The first-order valence-corrected chi connectivity index (χ1v) is 10.4. The van der Waals surface area contributed by atoms with Crippen LogP contribution in [-0.2, 0) is 13.6 Å². The molecule has 2 aromatic heterocycles. The van der Waals surface area contributed by atoms with Crippen LogP contribution in [0.15, 0.2) is 30.5 Å². The molecule has 3 aromatic rings. The van der Waals surface area contributed by atoms with Crippen molar-refractivity contribution in [2.24, 2.45) is 7.05 Å². The quantitative estimate of drug-likeness (QED) is 0.594. The lowest BCUT2D eigenvalue weighted by atomic mass is 9.96. The third-order valence-corrected chi connectivity index (χ3v) is 6.12. The zero-order chi connectivity index (χ0) is 23.2. The molecule has 3 heterocycles. The normalized spacial score (nSPS) is 18.2. The Morgan fingerprint density at radius 1 is 1.28 bits per heavy atom. The van der Waals surface area contributed by atoms with E-state index in [0.29, 0.717) is 5.56 Å². The average Bonchev–Trinajstić information content (AvgIpc) is 3.25. The number of carbonyl (C=O) groups excluding carboxylic acids is 1. The summed E-state index contributed by atoms with van der Waals surface area (Å²) in [6, 6.07) is 4.70. The Hall–Kier alpha value is -3.01. The lowest BCUT2D eigenvalue weighted by Crippen LogP contribution is -2.35. The minimum absolute atomic E-state index is 0.0199. The molecule has 11 heteroatoms. The fourth-order valence-electron chi connectivity index (χ4n) is 3.73. The lowest BCUT2D eigenvalue weighted by molar-refractivity contribution is -0.173. The van der Waals surface area contributed by atoms with Crippen molar-refractivity contribution in [1.82, 2.24) is 24.9 Å². The van der Waals surface area contributed by atoms with Gasteiger partial charge in [0, 0.05) is 31.3 Å². The molecule has 4 rings (SSSR count). The van der Waals surface area contributed by atoms with E-state index in [9.17, 15) is 18.0 Å². The lowest BCUT2D eigenvalue weighted by Gasteiger charge is -2.33. The smallest absolute Gasteiger partial charge is 0.362 e. The molecule has 0 bridgehead atoms. The number of nitrogens with one attached hydrogen (secondary N) is 2. The molecule has 0 aliphatic carbocycles. The molecule has 0 saturated heterocycles. The molecule has 0 fully saturated rings. The molecule has 7 nitrogen and oxygen atoms in total. The number of halogens is 4. The van der Waals surface area contributed by atoms with Crippen molar-refractivity contribution in [2.75, 3.05) is 5.32 Å². The van der Waals surface area contributed by atoms with Crippen LogP contribution < -0.4 is 10.6 Å². The molecule has 0 radical (unpaired) electrons. The van der Waals surface area contributed by atoms with Crippen molar-refractivity contribution in [3.63, 3.8) is 0 Å². The van der Waals surface area contributed by atoms with Crippen LogP contribution >= 0.6 is 11.6 Å². The van der Waals surface area contributed by atoms with Crippen LogP contribution in [-0.4, -0.2) is 31.6 Å². The Labute approximate surface area is 187 Å². The highest BCUT2D eigenvalue weighted by Crippen LogP contribution is 2.46. The van der Waals surface area contributed by atoms with Crippen molar-refractivity contribution in [2.45, 2.75) is 45.1 Å². The zero-order valence-electron chi connectivity index (χ0n) is 17.7. The van der Waals surface area contributed by atoms with Gasteiger partial charge in [-0.2, -0.15) is 23.4 Å². The van der Waals surface area contributed by atoms with Crippen molar-refractivity contribution >= 4 is 23.3 Å². The third kappa shape index (κ3) is 4.06. The van der Waals surface area contributed by atoms with Crippen molar-refractivity contribution in [3.8, 4) is 0 Å². The zero-order valence-corrected chi connectivity index (χ0v) is 18.4. The number of hydrogen-bond acceptors (Lipinski definition) is 4. The van der Waals surface area contributed by atoms with Gasteiger partial charge in [0.15, 0.2) is 11.7 Å². The molecule has 32 heavy (non-hydrogen) atoms. The summed E-state index contributed by atoms with van der Waals surface area (Å²) in [5, 5.41) is 13.6. The summed E-state index contributed by atoms with van der Waals surface area (Å²) in [5.74, 6) is -0.678. The van der Waals surface area contributed by atoms with Crippen LogP contribution in [0, 0.1) is 13.8 Å². The van der Waals surface area contributed by atoms with E-state index >= 15 is 0 Å². The van der Waals surface area contributed by atoms with E-state index in [1.807, 2.05) is 26.0 Å². The minimum Gasteiger partial charge on any atom is -0.362 e. The van der Waals surface area contributed by atoms with Gasteiger partial charge in [0.05, 0.1) is 12.2 Å². The van der Waals surface area contributed by atoms with E-state index in [-0.39, 0.29) is 29.5 Å². The number of hydrogen-bond donors (Lipinski definition) is 2. The number of aryl methyl sites for hydroxylation is 2. The topological polar surface area (TPSA) is 76.8 Å². The first-order chi connectivity index (χ1) is 15.1. The molecule has 0 unspecified atom stereocenters. The Morgan fingerprint density at radius 2 is 1.97 bits per heavy atom. The Morgan fingerprint density at radius 3 is 2.56 bits per heavy atom. The molecule has 0 spiro atoms. The molecular formula is C21H22ClF3N6O. The highest BCUT2D eigenvalue weighted by atomic mass is 35.5. The van der Waals surface area contributed by atoms with Crippen molar-refractivity contribution < 1.29 is 18.0 Å². The van der Waals surface area contributed by atoms with Crippen molar-refractivity contribution in [1.29, 1.82) is 0 Å². The van der Waals surface area contributed by atoms with Gasteiger partial charge in [0.1, 0.15) is 10.8 Å². The Balaban J connectivity index is 1.63. The van der Waals surface area contributed by atoms with E-state index in [0.717, 1.165) is 21.5 Å². The predicted octanol–water partition coefficient (Wildman–Crippen LogP) is 4.48. The van der Waals surface area contributed by atoms with Crippen LogP contribution in [0.3, 0.4) is 0 Å². The van der Waals surface area contributed by atoms with Gasteiger partial charge in [-0.25, -0.2) is 4.68 Å². The number of aromatic nitrogens is 4. The average molecular weight is 467 g/mol. The second kappa shape index (κ2) is 8.16. The number of benzene rings is 1.